The van der Waals surface area contributed by atoms with Gasteiger partial charge in [0, 0.05) is 31.2 Å². The first-order valence-electron chi connectivity index (χ1n) is 8.27. The van der Waals surface area contributed by atoms with Crippen LogP contribution >= 0.6 is 0 Å². The van der Waals surface area contributed by atoms with Crippen molar-refractivity contribution >= 4 is 6.03 Å². The molecule has 0 aromatic heterocycles. The van der Waals surface area contributed by atoms with Crippen molar-refractivity contribution in [3.8, 4) is 0 Å². The number of amides is 2. The Bertz CT molecular complexity index is 477. The fourth-order valence-electron chi connectivity index (χ4n) is 3.26. The Balaban J connectivity index is 1.97. The lowest BCUT2D eigenvalue weighted by atomic mass is 9.76. The van der Waals surface area contributed by atoms with Gasteiger partial charge < -0.3 is 15.3 Å². The Kier molecular flexibility index (Phi) is 5.83. The standard InChI is InChI=1S/C18H28N2O2/c1-15(8-6-13-21)19-17(22)20-12-7-11-18(2,14-20)16-9-4-3-5-10-16/h3-5,9-10,15,21H,6-8,11-14H2,1-2H3,(H,19,22). The molecule has 1 aliphatic heterocycles. The molecular weight excluding hydrogens is 276 g/mol. The van der Waals surface area contributed by atoms with Gasteiger partial charge in [-0.3, -0.25) is 0 Å². The Morgan fingerprint density at radius 1 is 1.41 bits per heavy atom. The van der Waals surface area contributed by atoms with Crippen LogP contribution in [0.1, 0.15) is 45.1 Å². The van der Waals surface area contributed by atoms with Crippen LogP contribution in [-0.2, 0) is 5.41 Å². The van der Waals surface area contributed by atoms with Crippen LogP contribution < -0.4 is 5.32 Å². The van der Waals surface area contributed by atoms with Crippen LogP contribution in [0.25, 0.3) is 0 Å². The van der Waals surface area contributed by atoms with E-state index in [2.05, 4.69) is 36.5 Å². The lowest BCUT2D eigenvalue weighted by Gasteiger charge is -2.41. The van der Waals surface area contributed by atoms with E-state index in [1.165, 1.54) is 5.56 Å². The maximum absolute atomic E-state index is 12.4. The molecule has 2 amide bonds. The second-order valence-corrected chi connectivity index (χ2v) is 6.67. The van der Waals surface area contributed by atoms with E-state index in [1.54, 1.807) is 0 Å². The van der Waals surface area contributed by atoms with Gasteiger partial charge in [-0.25, -0.2) is 4.79 Å². The van der Waals surface area contributed by atoms with Gasteiger partial charge in [-0.1, -0.05) is 37.3 Å². The fourth-order valence-corrected chi connectivity index (χ4v) is 3.26. The average molecular weight is 304 g/mol. The Morgan fingerprint density at radius 3 is 2.82 bits per heavy atom. The number of likely N-dealkylation sites (tertiary alicyclic amines) is 1. The van der Waals surface area contributed by atoms with E-state index in [0.717, 1.165) is 38.8 Å². The highest BCUT2D eigenvalue weighted by Gasteiger charge is 2.34. The molecule has 22 heavy (non-hydrogen) atoms. The molecule has 2 rings (SSSR count). The molecule has 0 spiro atoms. The van der Waals surface area contributed by atoms with E-state index >= 15 is 0 Å². The lowest BCUT2D eigenvalue weighted by Crippen LogP contribution is -2.52. The van der Waals surface area contributed by atoms with Gasteiger partial charge >= 0.3 is 6.03 Å². The van der Waals surface area contributed by atoms with Gasteiger partial charge in [0.15, 0.2) is 0 Å². The number of nitrogens with zero attached hydrogens (tertiary/aromatic N) is 1. The molecule has 4 nitrogen and oxygen atoms in total. The van der Waals surface area contributed by atoms with Crippen molar-refractivity contribution in [1.29, 1.82) is 0 Å². The van der Waals surface area contributed by atoms with Gasteiger partial charge in [0.25, 0.3) is 0 Å². The van der Waals surface area contributed by atoms with Gasteiger partial charge in [0.05, 0.1) is 0 Å². The van der Waals surface area contributed by atoms with Gasteiger partial charge in [0.2, 0.25) is 0 Å². The summed E-state index contributed by atoms with van der Waals surface area (Å²) in [5, 5.41) is 11.9. The van der Waals surface area contributed by atoms with Crippen molar-refractivity contribution < 1.29 is 9.90 Å². The number of rotatable bonds is 5. The minimum absolute atomic E-state index is 0.0206. The van der Waals surface area contributed by atoms with E-state index in [9.17, 15) is 4.79 Å². The zero-order valence-electron chi connectivity index (χ0n) is 13.7. The van der Waals surface area contributed by atoms with Crippen LogP contribution in [-0.4, -0.2) is 41.8 Å². The van der Waals surface area contributed by atoms with Crippen molar-refractivity contribution in [3.63, 3.8) is 0 Å². The minimum atomic E-state index is 0.0206. The number of urea groups is 1. The van der Waals surface area contributed by atoms with Crippen LogP contribution in [0, 0.1) is 0 Å². The van der Waals surface area contributed by atoms with Crippen molar-refractivity contribution in [1.82, 2.24) is 10.2 Å². The molecule has 122 valence electrons. The number of hydrogen-bond donors (Lipinski definition) is 2. The van der Waals surface area contributed by atoms with Crippen molar-refractivity contribution in [3.05, 3.63) is 35.9 Å². The number of nitrogens with one attached hydrogen (secondary N) is 1. The molecule has 1 aliphatic rings. The number of carbonyl (C=O) groups excluding carboxylic acids is 1. The molecule has 0 saturated carbocycles. The van der Waals surface area contributed by atoms with Crippen LogP contribution in [0.4, 0.5) is 4.79 Å². The van der Waals surface area contributed by atoms with E-state index in [4.69, 9.17) is 5.11 Å². The maximum Gasteiger partial charge on any atom is 0.317 e. The van der Waals surface area contributed by atoms with Crippen LogP contribution in [0.5, 0.6) is 0 Å². The second kappa shape index (κ2) is 7.63. The van der Waals surface area contributed by atoms with Crippen molar-refractivity contribution in [2.75, 3.05) is 19.7 Å². The Labute approximate surface area is 133 Å². The average Bonchev–Trinajstić information content (AvgIpc) is 2.54. The highest BCUT2D eigenvalue weighted by molar-refractivity contribution is 5.74. The van der Waals surface area contributed by atoms with Crippen LogP contribution in [0.3, 0.4) is 0 Å². The third-order valence-corrected chi connectivity index (χ3v) is 4.62. The van der Waals surface area contributed by atoms with Gasteiger partial charge in [-0.2, -0.15) is 0 Å². The first-order valence-corrected chi connectivity index (χ1v) is 8.27. The molecule has 1 aromatic rings. The summed E-state index contributed by atoms with van der Waals surface area (Å²) in [4.78, 5) is 14.4. The van der Waals surface area contributed by atoms with Crippen molar-refractivity contribution in [2.45, 2.75) is 51.0 Å². The number of carbonyl (C=O) groups is 1. The fraction of sp³-hybridized carbons (Fsp3) is 0.611. The molecule has 1 heterocycles. The molecule has 1 saturated heterocycles. The number of benzene rings is 1. The number of aliphatic hydroxyl groups is 1. The Morgan fingerprint density at radius 2 is 2.14 bits per heavy atom. The smallest absolute Gasteiger partial charge is 0.317 e. The summed E-state index contributed by atoms with van der Waals surface area (Å²) in [6, 6.07) is 10.6. The quantitative estimate of drug-likeness (QED) is 0.879. The summed E-state index contributed by atoms with van der Waals surface area (Å²) in [5.41, 5.74) is 1.34. The molecule has 2 unspecified atom stereocenters. The summed E-state index contributed by atoms with van der Waals surface area (Å²) in [6.07, 6.45) is 3.68. The number of piperidine rings is 1. The first-order chi connectivity index (χ1) is 10.5. The summed E-state index contributed by atoms with van der Waals surface area (Å²) in [6.45, 7) is 6.00. The Hall–Kier alpha value is -1.55. The molecule has 0 radical (unpaired) electrons. The summed E-state index contributed by atoms with van der Waals surface area (Å²) in [5.74, 6) is 0. The topological polar surface area (TPSA) is 52.6 Å². The maximum atomic E-state index is 12.4. The highest BCUT2D eigenvalue weighted by Crippen LogP contribution is 2.33. The predicted molar refractivity (Wildman–Crippen MR) is 88.9 cm³/mol. The number of aliphatic hydroxyl groups excluding tert-OH is 1. The third kappa shape index (κ3) is 4.23. The normalized spacial score (nSPS) is 23.1. The molecule has 1 aromatic carbocycles. The van der Waals surface area contributed by atoms with Gasteiger partial charge in [-0.15, -0.1) is 0 Å². The predicted octanol–water partition coefficient (Wildman–Crippen LogP) is 2.91. The molecule has 2 N–H and O–H groups in total. The van der Waals surface area contributed by atoms with E-state index in [-0.39, 0.29) is 24.1 Å². The van der Waals surface area contributed by atoms with E-state index < -0.39 is 0 Å². The summed E-state index contributed by atoms with van der Waals surface area (Å²) < 4.78 is 0. The summed E-state index contributed by atoms with van der Waals surface area (Å²) in [7, 11) is 0. The zero-order chi connectivity index (χ0) is 16.0. The monoisotopic (exact) mass is 304 g/mol. The van der Waals surface area contributed by atoms with E-state index in [1.807, 2.05) is 17.9 Å². The second-order valence-electron chi connectivity index (χ2n) is 6.67. The summed E-state index contributed by atoms with van der Waals surface area (Å²) >= 11 is 0. The zero-order valence-corrected chi connectivity index (χ0v) is 13.7. The lowest BCUT2D eigenvalue weighted by molar-refractivity contribution is 0.152. The highest BCUT2D eigenvalue weighted by atomic mass is 16.3. The SMILES string of the molecule is CC(CCCO)NC(=O)N1CCCC(C)(c2ccccc2)C1. The van der Waals surface area contributed by atoms with Crippen LogP contribution in [0.2, 0.25) is 0 Å². The van der Waals surface area contributed by atoms with Gasteiger partial charge in [-0.05, 0) is 38.2 Å². The van der Waals surface area contributed by atoms with Crippen LogP contribution in [0.15, 0.2) is 30.3 Å². The van der Waals surface area contributed by atoms with E-state index in [0.29, 0.717) is 0 Å². The number of hydrogen-bond acceptors (Lipinski definition) is 2. The largest absolute Gasteiger partial charge is 0.396 e. The molecular formula is C18H28N2O2. The molecule has 2 atom stereocenters. The van der Waals surface area contributed by atoms with Crippen molar-refractivity contribution in [2.24, 2.45) is 0 Å². The molecule has 4 heteroatoms. The molecule has 0 bridgehead atoms. The third-order valence-electron chi connectivity index (χ3n) is 4.62. The van der Waals surface area contributed by atoms with Gasteiger partial charge in [0.1, 0.15) is 0 Å². The first kappa shape index (κ1) is 16.8. The molecule has 0 aliphatic carbocycles. The minimum Gasteiger partial charge on any atom is -0.396 e. The molecule has 1 fully saturated rings.